The van der Waals surface area contributed by atoms with Gasteiger partial charge in [0.25, 0.3) is 0 Å². The second-order valence-electron chi connectivity index (χ2n) is 3.63. The van der Waals surface area contributed by atoms with Gasteiger partial charge in [0.15, 0.2) is 0 Å². The molecule has 0 radical (unpaired) electrons. The molecule has 0 aliphatic rings. The highest BCUT2D eigenvalue weighted by molar-refractivity contribution is 5.85. The van der Waals surface area contributed by atoms with Crippen molar-refractivity contribution >= 4 is 12.4 Å². The number of rotatable bonds is 3. The summed E-state index contributed by atoms with van der Waals surface area (Å²) in [7, 11) is 0. The highest BCUT2D eigenvalue weighted by Crippen LogP contribution is 2.16. The van der Waals surface area contributed by atoms with E-state index in [4.69, 9.17) is 4.74 Å². The fourth-order valence-corrected chi connectivity index (χ4v) is 1.38. The van der Waals surface area contributed by atoms with Gasteiger partial charge in [0.1, 0.15) is 5.75 Å². The zero-order valence-electron chi connectivity index (χ0n) is 9.33. The molecule has 1 aromatic carbocycles. The van der Waals surface area contributed by atoms with E-state index >= 15 is 0 Å². The van der Waals surface area contributed by atoms with Gasteiger partial charge < -0.3 is 9.30 Å². The molecule has 4 heteroatoms. The molecule has 16 heavy (non-hydrogen) atoms. The van der Waals surface area contributed by atoms with Crippen LogP contribution in [0.15, 0.2) is 43.0 Å². The summed E-state index contributed by atoms with van der Waals surface area (Å²) in [5, 5.41) is 0. The predicted octanol–water partition coefficient (Wildman–Crippen LogP) is 3.08. The number of nitrogens with zero attached hydrogens (tertiary/aromatic N) is 2. The first-order chi connectivity index (χ1) is 7.25. The first-order valence-electron chi connectivity index (χ1n) is 5.01. The second kappa shape index (κ2) is 5.56. The molecule has 0 saturated carbocycles. The molecule has 0 aliphatic heterocycles. The topological polar surface area (TPSA) is 27.1 Å². The minimum absolute atomic E-state index is 0. The summed E-state index contributed by atoms with van der Waals surface area (Å²) in [6.07, 6.45) is 5.67. The number of aromatic nitrogens is 2. The maximum Gasteiger partial charge on any atom is 0.119 e. The number of hydrogen-bond acceptors (Lipinski definition) is 2. The number of hydrogen-bond donors (Lipinski definition) is 0. The Balaban J connectivity index is 0.00000128. The summed E-state index contributed by atoms with van der Waals surface area (Å²) < 4.78 is 7.52. The number of imidazole rings is 1. The smallest absolute Gasteiger partial charge is 0.119 e. The molecule has 0 bridgehead atoms. The van der Waals surface area contributed by atoms with Gasteiger partial charge in [0.05, 0.1) is 12.4 Å². The molecule has 0 unspecified atom stereocenters. The van der Waals surface area contributed by atoms with Crippen molar-refractivity contribution in [1.29, 1.82) is 0 Å². The van der Waals surface area contributed by atoms with E-state index in [2.05, 4.69) is 4.98 Å². The molecule has 0 saturated heterocycles. The van der Waals surface area contributed by atoms with Gasteiger partial charge in [-0.3, -0.25) is 0 Å². The lowest BCUT2D eigenvalue weighted by Crippen LogP contribution is -2.05. The molecule has 1 aromatic heterocycles. The zero-order valence-corrected chi connectivity index (χ0v) is 10.1. The van der Waals surface area contributed by atoms with E-state index in [-0.39, 0.29) is 18.5 Å². The largest absolute Gasteiger partial charge is 0.491 e. The van der Waals surface area contributed by atoms with Crippen molar-refractivity contribution in [3.05, 3.63) is 43.0 Å². The monoisotopic (exact) mass is 238 g/mol. The minimum atomic E-state index is 0. The quantitative estimate of drug-likeness (QED) is 0.822. The fraction of sp³-hybridized carbons (Fsp3) is 0.250. The zero-order chi connectivity index (χ0) is 10.7. The van der Waals surface area contributed by atoms with E-state index in [0.717, 1.165) is 11.4 Å². The molecule has 0 aliphatic carbocycles. The highest BCUT2D eigenvalue weighted by Gasteiger charge is 1.98. The Morgan fingerprint density at radius 3 is 2.38 bits per heavy atom. The Morgan fingerprint density at radius 2 is 1.88 bits per heavy atom. The van der Waals surface area contributed by atoms with Gasteiger partial charge in [-0.2, -0.15) is 0 Å². The standard InChI is InChI=1S/C12H14N2O.ClH/c1-10(2)15-12-5-3-11(4-6-12)14-8-7-13-9-14;/h3-10H,1-2H3;1H. The van der Waals surface area contributed by atoms with Crippen LogP contribution in [0, 0.1) is 0 Å². The molecule has 2 aromatic rings. The molecule has 0 spiro atoms. The Hall–Kier alpha value is -1.48. The summed E-state index contributed by atoms with van der Waals surface area (Å²) in [5.41, 5.74) is 1.09. The van der Waals surface area contributed by atoms with Crippen molar-refractivity contribution in [2.75, 3.05) is 0 Å². The molecule has 0 N–H and O–H groups in total. The number of benzene rings is 1. The van der Waals surface area contributed by atoms with Crippen LogP contribution in [0.2, 0.25) is 0 Å². The third-order valence-electron chi connectivity index (χ3n) is 2.01. The molecule has 3 nitrogen and oxygen atoms in total. The van der Waals surface area contributed by atoms with Crippen molar-refractivity contribution in [2.24, 2.45) is 0 Å². The first-order valence-corrected chi connectivity index (χ1v) is 5.01. The average Bonchev–Trinajstić information content (AvgIpc) is 2.71. The molecule has 0 atom stereocenters. The third kappa shape index (κ3) is 3.00. The third-order valence-corrected chi connectivity index (χ3v) is 2.01. The summed E-state index contributed by atoms with van der Waals surface area (Å²) >= 11 is 0. The summed E-state index contributed by atoms with van der Waals surface area (Å²) in [6.45, 7) is 4.04. The van der Waals surface area contributed by atoms with Crippen molar-refractivity contribution in [1.82, 2.24) is 9.55 Å². The minimum Gasteiger partial charge on any atom is -0.491 e. The van der Waals surface area contributed by atoms with Crippen molar-refractivity contribution in [2.45, 2.75) is 20.0 Å². The van der Waals surface area contributed by atoms with Gasteiger partial charge in [0, 0.05) is 18.1 Å². The van der Waals surface area contributed by atoms with E-state index in [0.29, 0.717) is 0 Å². The van der Waals surface area contributed by atoms with Gasteiger partial charge in [-0.25, -0.2) is 4.98 Å². The van der Waals surface area contributed by atoms with Gasteiger partial charge >= 0.3 is 0 Å². The highest BCUT2D eigenvalue weighted by atomic mass is 35.5. The normalized spacial score (nSPS) is 9.94. The molecular formula is C12H15ClN2O. The first kappa shape index (κ1) is 12.6. The van der Waals surface area contributed by atoms with Crippen molar-refractivity contribution in [3.8, 4) is 11.4 Å². The Morgan fingerprint density at radius 1 is 1.19 bits per heavy atom. The summed E-state index contributed by atoms with van der Waals surface area (Å²) in [6, 6.07) is 7.96. The number of halogens is 1. The molecular weight excluding hydrogens is 224 g/mol. The van der Waals surface area contributed by atoms with Crippen LogP contribution in [-0.2, 0) is 0 Å². The predicted molar refractivity (Wildman–Crippen MR) is 66.6 cm³/mol. The second-order valence-corrected chi connectivity index (χ2v) is 3.63. The van der Waals surface area contributed by atoms with E-state index in [1.54, 1.807) is 12.5 Å². The van der Waals surface area contributed by atoms with E-state index in [9.17, 15) is 0 Å². The molecule has 0 amide bonds. The fourth-order valence-electron chi connectivity index (χ4n) is 1.38. The van der Waals surface area contributed by atoms with Crippen molar-refractivity contribution in [3.63, 3.8) is 0 Å². The lowest BCUT2D eigenvalue weighted by atomic mass is 10.3. The van der Waals surface area contributed by atoms with Gasteiger partial charge in [-0.05, 0) is 38.1 Å². The van der Waals surface area contributed by atoms with Gasteiger partial charge in [0.2, 0.25) is 0 Å². The summed E-state index contributed by atoms with van der Waals surface area (Å²) in [5.74, 6) is 0.897. The van der Waals surface area contributed by atoms with Crippen LogP contribution in [-0.4, -0.2) is 15.7 Å². The Bertz CT molecular complexity index is 409. The molecule has 2 rings (SSSR count). The van der Waals surface area contributed by atoms with Gasteiger partial charge in [-0.15, -0.1) is 12.4 Å². The van der Waals surface area contributed by atoms with E-state index < -0.39 is 0 Å². The molecule has 1 heterocycles. The molecule has 0 fully saturated rings. The molecule has 86 valence electrons. The lowest BCUT2D eigenvalue weighted by Gasteiger charge is -2.10. The average molecular weight is 239 g/mol. The van der Waals surface area contributed by atoms with Crippen molar-refractivity contribution < 1.29 is 4.74 Å². The van der Waals surface area contributed by atoms with Crippen LogP contribution >= 0.6 is 12.4 Å². The maximum atomic E-state index is 5.56. The van der Waals surface area contributed by atoms with E-state index in [1.807, 2.05) is 48.9 Å². The van der Waals surface area contributed by atoms with Crippen LogP contribution in [0.5, 0.6) is 5.75 Å². The SMILES string of the molecule is CC(C)Oc1ccc(-n2ccnc2)cc1.Cl. The van der Waals surface area contributed by atoms with Crippen LogP contribution in [0.4, 0.5) is 0 Å². The van der Waals surface area contributed by atoms with Crippen LogP contribution < -0.4 is 4.74 Å². The Kier molecular flexibility index (Phi) is 4.38. The number of ether oxygens (including phenoxy) is 1. The lowest BCUT2D eigenvalue weighted by molar-refractivity contribution is 0.242. The summed E-state index contributed by atoms with van der Waals surface area (Å²) in [4.78, 5) is 4.00. The van der Waals surface area contributed by atoms with Crippen LogP contribution in [0.25, 0.3) is 5.69 Å². The van der Waals surface area contributed by atoms with E-state index in [1.165, 1.54) is 0 Å². The maximum absolute atomic E-state index is 5.56. The van der Waals surface area contributed by atoms with Crippen LogP contribution in [0.3, 0.4) is 0 Å². The van der Waals surface area contributed by atoms with Crippen LogP contribution in [0.1, 0.15) is 13.8 Å². The van der Waals surface area contributed by atoms with Gasteiger partial charge in [-0.1, -0.05) is 0 Å². The Labute approximate surface area is 101 Å².